The number of rotatable bonds is 13. The summed E-state index contributed by atoms with van der Waals surface area (Å²) >= 11 is 0. The SMILES string of the molecule is COCC(C)(C)c1ccc(N2[C@@H](c3ccc4nc([C@@H]5CCCN5C(=O)CC(C)C)[nH]c4c3)CC[C@@H]2c2ccc3nc([C@@H]4CCCN4C(=O)[C@@H](NC(=O)OC)C(C)C)[nH]c3c2)cc1. The Labute approximate surface area is 365 Å². The molecule has 5 heterocycles. The van der Waals surface area contributed by atoms with Crippen LogP contribution >= 0.6 is 0 Å². The molecule has 2 aromatic heterocycles. The van der Waals surface area contributed by atoms with Gasteiger partial charge in [0.1, 0.15) is 17.7 Å². The van der Waals surface area contributed by atoms with Crippen molar-refractivity contribution in [2.75, 3.05) is 38.8 Å². The fraction of sp³-hybridized carbons (Fsp3) is 0.531. The van der Waals surface area contributed by atoms with Crippen LogP contribution in [0.15, 0.2) is 60.7 Å². The van der Waals surface area contributed by atoms with Gasteiger partial charge in [-0.05, 0) is 103 Å². The average Bonchev–Trinajstić information content (AvgIpc) is 4.10. The smallest absolute Gasteiger partial charge is 0.407 e. The summed E-state index contributed by atoms with van der Waals surface area (Å²) in [6.07, 6.45) is 5.37. The molecule has 3 amide bonds. The molecular weight excluding hydrogens is 781 g/mol. The minimum atomic E-state index is -0.695. The minimum absolute atomic E-state index is 0.0268. The average molecular weight is 845 g/mol. The topological polar surface area (TPSA) is 149 Å². The highest BCUT2D eigenvalue weighted by Gasteiger charge is 2.39. The molecule has 3 aliphatic heterocycles. The second-order valence-electron chi connectivity index (χ2n) is 19.1. The van der Waals surface area contributed by atoms with E-state index in [9.17, 15) is 14.4 Å². The lowest BCUT2D eigenvalue weighted by atomic mass is 9.85. The third kappa shape index (κ3) is 8.52. The summed E-state index contributed by atoms with van der Waals surface area (Å²) in [6, 6.07) is 21.4. The Bertz CT molecular complexity index is 2400. The number of carbonyl (C=O) groups is 3. The van der Waals surface area contributed by atoms with Crippen molar-refractivity contribution in [2.24, 2.45) is 11.8 Å². The molecule has 3 aromatic carbocycles. The van der Waals surface area contributed by atoms with Crippen LogP contribution in [0.2, 0.25) is 0 Å². The van der Waals surface area contributed by atoms with Gasteiger partial charge in [-0.15, -0.1) is 0 Å². The summed E-state index contributed by atoms with van der Waals surface area (Å²) in [4.78, 5) is 63.0. The number of fused-ring (bicyclic) bond motifs is 2. The molecule has 13 nitrogen and oxygen atoms in total. The highest BCUT2D eigenvalue weighted by molar-refractivity contribution is 5.87. The Kier molecular flexibility index (Phi) is 12.4. The highest BCUT2D eigenvalue weighted by Crippen LogP contribution is 2.48. The molecule has 0 bridgehead atoms. The van der Waals surface area contributed by atoms with Gasteiger partial charge in [-0.1, -0.05) is 65.8 Å². The standard InChI is InChI=1S/C49H64N8O5/c1-29(2)25-43(58)55-23-9-11-41(55)45-50-35-19-13-31(26-37(35)52-45)39-21-22-40(57(39)34-17-15-33(16-18-34)49(5,6)28-61-7)32-14-20-36-38(27-32)53-46(51-36)42-12-10-24-56(42)47(59)44(30(3)4)54-48(60)62-8/h13-20,26-27,29-30,39-42,44H,9-12,21-25,28H2,1-8H3,(H,50,52)(H,51,53)(H,54,60)/t39-,40-,41+,42+,44+/m1/s1. The molecule has 3 aliphatic rings. The molecule has 0 radical (unpaired) electrons. The number of nitrogens with one attached hydrogen (secondary N) is 3. The number of carbonyl (C=O) groups excluding carboxylic acids is 3. The predicted octanol–water partition coefficient (Wildman–Crippen LogP) is 9.20. The van der Waals surface area contributed by atoms with Crippen molar-refractivity contribution >= 4 is 45.7 Å². The summed E-state index contributed by atoms with van der Waals surface area (Å²) in [5.74, 6) is 1.92. The summed E-state index contributed by atoms with van der Waals surface area (Å²) in [5.41, 5.74) is 8.35. The Morgan fingerprint density at radius 3 is 1.82 bits per heavy atom. The highest BCUT2D eigenvalue weighted by atomic mass is 16.5. The van der Waals surface area contributed by atoms with Crippen LogP contribution in [-0.2, 0) is 24.5 Å². The summed E-state index contributed by atoms with van der Waals surface area (Å²) in [5, 5.41) is 2.75. The van der Waals surface area contributed by atoms with Crippen molar-refractivity contribution in [1.82, 2.24) is 35.1 Å². The zero-order valence-corrected chi connectivity index (χ0v) is 37.7. The number of ether oxygens (including phenoxy) is 2. The number of H-pyrrole nitrogens is 2. The second-order valence-corrected chi connectivity index (χ2v) is 19.1. The molecule has 3 N–H and O–H groups in total. The molecular formula is C49H64N8O5. The van der Waals surface area contributed by atoms with Crippen molar-refractivity contribution in [1.29, 1.82) is 0 Å². The number of aromatic nitrogens is 4. The Hall–Kier alpha value is -5.43. The van der Waals surface area contributed by atoms with Gasteiger partial charge in [-0.3, -0.25) is 9.59 Å². The Morgan fingerprint density at radius 1 is 0.758 bits per heavy atom. The fourth-order valence-electron chi connectivity index (χ4n) is 10.2. The first-order chi connectivity index (χ1) is 29.8. The molecule has 0 saturated carbocycles. The van der Waals surface area contributed by atoms with Gasteiger partial charge in [0.05, 0.1) is 60.0 Å². The number of alkyl carbamates (subject to hydrolysis) is 1. The van der Waals surface area contributed by atoms with E-state index in [1.807, 2.05) is 23.6 Å². The van der Waals surface area contributed by atoms with Gasteiger partial charge < -0.3 is 39.5 Å². The van der Waals surface area contributed by atoms with Gasteiger partial charge in [-0.2, -0.15) is 0 Å². The largest absolute Gasteiger partial charge is 0.453 e. The van der Waals surface area contributed by atoms with Crippen molar-refractivity contribution in [3.05, 3.63) is 89.0 Å². The van der Waals surface area contributed by atoms with Gasteiger partial charge in [0, 0.05) is 37.7 Å². The van der Waals surface area contributed by atoms with Crippen molar-refractivity contribution < 1.29 is 23.9 Å². The molecule has 5 aromatic rings. The number of hydrogen-bond acceptors (Lipinski definition) is 8. The molecule has 330 valence electrons. The van der Waals surface area contributed by atoms with Crippen molar-refractivity contribution in [3.8, 4) is 0 Å². The first-order valence-electron chi connectivity index (χ1n) is 22.6. The lowest BCUT2D eigenvalue weighted by Gasteiger charge is -2.34. The van der Waals surface area contributed by atoms with Crippen LogP contribution in [0.25, 0.3) is 22.1 Å². The summed E-state index contributed by atoms with van der Waals surface area (Å²) in [7, 11) is 3.06. The number of aromatic amines is 2. The lowest BCUT2D eigenvalue weighted by molar-refractivity contribution is -0.135. The number of amides is 3. The van der Waals surface area contributed by atoms with Crippen molar-refractivity contribution in [3.63, 3.8) is 0 Å². The molecule has 0 unspecified atom stereocenters. The number of benzene rings is 3. The van der Waals surface area contributed by atoms with Crippen LogP contribution in [0.4, 0.5) is 10.5 Å². The molecule has 3 saturated heterocycles. The van der Waals surface area contributed by atoms with E-state index in [2.05, 4.69) is 109 Å². The van der Waals surface area contributed by atoms with E-state index in [0.717, 1.165) is 84.5 Å². The van der Waals surface area contributed by atoms with Gasteiger partial charge in [-0.25, -0.2) is 14.8 Å². The molecule has 13 heteroatoms. The van der Waals surface area contributed by atoms with E-state index in [0.29, 0.717) is 25.5 Å². The van der Waals surface area contributed by atoms with Crippen LogP contribution in [0, 0.1) is 11.8 Å². The van der Waals surface area contributed by atoms with E-state index >= 15 is 0 Å². The van der Waals surface area contributed by atoms with E-state index < -0.39 is 12.1 Å². The molecule has 0 spiro atoms. The quantitative estimate of drug-likeness (QED) is 0.106. The minimum Gasteiger partial charge on any atom is -0.453 e. The maximum absolute atomic E-state index is 13.9. The first kappa shape index (κ1) is 43.2. The Morgan fingerprint density at radius 2 is 1.31 bits per heavy atom. The van der Waals surface area contributed by atoms with Gasteiger partial charge in [0.2, 0.25) is 11.8 Å². The van der Waals surface area contributed by atoms with Crippen LogP contribution < -0.4 is 10.2 Å². The number of likely N-dealkylation sites (tertiary alicyclic amines) is 2. The van der Waals surface area contributed by atoms with Crippen LogP contribution in [-0.4, -0.2) is 87.6 Å². The van der Waals surface area contributed by atoms with Crippen LogP contribution in [0.5, 0.6) is 0 Å². The Balaban J connectivity index is 1.10. The number of imidazole rings is 2. The summed E-state index contributed by atoms with van der Waals surface area (Å²) in [6.45, 7) is 14.5. The third-order valence-electron chi connectivity index (χ3n) is 13.4. The zero-order valence-electron chi connectivity index (χ0n) is 37.7. The van der Waals surface area contributed by atoms with Gasteiger partial charge in [0.15, 0.2) is 0 Å². The fourth-order valence-corrected chi connectivity index (χ4v) is 10.2. The first-order valence-corrected chi connectivity index (χ1v) is 22.6. The summed E-state index contributed by atoms with van der Waals surface area (Å²) < 4.78 is 10.4. The number of hydrogen-bond donors (Lipinski definition) is 3. The molecule has 0 aliphatic carbocycles. The van der Waals surface area contributed by atoms with Crippen LogP contribution in [0.1, 0.15) is 139 Å². The van der Waals surface area contributed by atoms with Crippen LogP contribution in [0.3, 0.4) is 0 Å². The van der Waals surface area contributed by atoms with Crippen molar-refractivity contribution in [2.45, 2.75) is 122 Å². The number of methoxy groups -OCH3 is 2. The molecule has 8 rings (SSSR count). The number of nitrogens with zero attached hydrogens (tertiary/aromatic N) is 5. The molecule has 62 heavy (non-hydrogen) atoms. The maximum Gasteiger partial charge on any atom is 0.407 e. The second kappa shape index (κ2) is 17.7. The maximum atomic E-state index is 13.9. The monoisotopic (exact) mass is 844 g/mol. The zero-order chi connectivity index (χ0) is 43.9. The molecule has 5 atom stereocenters. The third-order valence-corrected chi connectivity index (χ3v) is 13.4. The lowest BCUT2D eigenvalue weighted by Crippen LogP contribution is -2.51. The van der Waals surface area contributed by atoms with E-state index in [1.54, 1.807) is 7.11 Å². The van der Waals surface area contributed by atoms with Gasteiger partial charge in [0.25, 0.3) is 0 Å². The number of anilines is 1. The van der Waals surface area contributed by atoms with E-state index in [-0.39, 0.29) is 47.3 Å². The normalized spacial score (nSPS) is 21.2. The predicted molar refractivity (Wildman–Crippen MR) is 242 cm³/mol. The van der Waals surface area contributed by atoms with Gasteiger partial charge >= 0.3 is 6.09 Å². The van der Waals surface area contributed by atoms with E-state index in [4.69, 9.17) is 19.4 Å². The molecule has 3 fully saturated rings. The van der Waals surface area contributed by atoms with E-state index in [1.165, 1.54) is 23.8 Å².